The molecular weight excluding hydrogens is 380 g/mol. The Balaban J connectivity index is 1.72. The van der Waals surface area contributed by atoms with Gasteiger partial charge in [0.05, 0.1) is 19.0 Å². The number of carbonyl (C=O) groups is 2. The standard InChI is InChI=1S/C23H20N4O3/c1-3-12-26-19-7-5-4-6-17(19)23(22(26)29)13-20(28)25-21-18(23)14-24-27(21)15-8-10-16(30-2)11-9-15/h3-11,14H,1,12-13H2,2H3,(H,25,28)/t23-/m1/s1. The summed E-state index contributed by atoms with van der Waals surface area (Å²) in [7, 11) is 1.60. The second kappa shape index (κ2) is 6.59. The molecule has 7 heteroatoms. The Morgan fingerprint density at radius 3 is 2.67 bits per heavy atom. The molecule has 5 rings (SSSR count). The van der Waals surface area contributed by atoms with Crippen molar-refractivity contribution in [3.63, 3.8) is 0 Å². The smallest absolute Gasteiger partial charge is 0.243 e. The Kier molecular flexibility index (Phi) is 3.99. The second-order valence-corrected chi connectivity index (χ2v) is 7.37. The number of fused-ring (bicyclic) bond motifs is 4. The summed E-state index contributed by atoms with van der Waals surface area (Å²) >= 11 is 0. The van der Waals surface area contributed by atoms with Crippen molar-refractivity contribution < 1.29 is 14.3 Å². The molecule has 0 saturated carbocycles. The number of amides is 2. The Bertz CT molecular complexity index is 1180. The Morgan fingerprint density at radius 2 is 1.93 bits per heavy atom. The summed E-state index contributed by atoms with van der Waals surface area (Å²) < 4.78 is 6.88. The third-order valence-electron chi connectivity index (χ3n) is 5.81. The highest BCUT2D eigenvalue weighted by Gasteiger charge is 2.56. The maximum atomic E-state index is 13.7. The molecule has 0 fully saturated rings. The summed E-state index contributed by atoms with van der Waals surface area (Å²) in [5, 5.41) is 7.45. The van der Waals surface area contributed by atoms with Gasteiger partial charge in [-0.25, -0.2) is 4.68 Å². The lowest BCUT2D eigenvalue weighted by Crippen LogP contribution is -2.46. The number of carbonyl (C=O) groups excluding carboxylic acids is 2. The van der Waals surface area contributed by atoms with E-state index in [4.69, 9.17) is 4.74 Å². The van der Waals surface area contributed by atoms with Crippen LogP contribution in [-0.4, -0.2) is 35.2 Å². The monoisotopic (exact) mass is 400 g/mol. The van der Waals surface area contributed by atoms with Crippen LogP contribution in [0.4, 0.5) is 11.5 Å². The van der Waals surface area contributed by atoms with Crippen molar-refractivity contribution in [3.8, 4) is 11.4 Å². The van der Waals surface area contributed by atoms with Crippen LogP contribution in [0, 0.1) is 0 Å². The van der Waals surface area contributed by atoms with E-state index in [0.717, 1.165) is 22.7 Å². The van der Waals surface area contributed by atoms with Gasteiger partial charge in [-0.15, -0.1) is 6.58 Å². The van der Waals surface area contributed by atoms with Gasteiger partial charge in [0.1, 0.15) is 17.0 Å². The molecule has 0 aliphatic carbocycles. The number of methoxy groups -OCH3 is 1. The van der Waals surface area contributed by atoms with E-state index in [1.54, 1.807) is 29.0 Å². The molecule has 2 aliphatic rings. The van der Waals surface area contributed by atoms with Gasteiger partial charge < -0.3 is 15.0 Å². The van der Waals surface area contributed by atoms with Crippen molar-refractivity contribution in [1.29, 1.82) is 0 Å². The molecule has 2 amide bonds. The van der Waals surface area contributed by atoms with Gasteiger partial charge >= 0.3 is 0 Å². The average Bonchev–Trinajstić information content (AvgIpc) is 3.29. The highest BCUT2D eigenvalue weighted by molar-refractivity contribution is 6.15. The molecule has 1 aromatic heterocycles. The van der Waals surface area contributed by atoms with Gasteiger partial charge in [-0.05, 0) is 35.9 Å². The number of benzene rings is 2. The summed E-state index contributed by atoms with van der Waals surface area (Å²) in [6.07, 6.45) is 3.42. The number of nitrogens with one attached hydrogen (secondary N) is 1. The summed E-state index contributed by atoms with van der Waals surface area (Å²) in [5.41, 5.74) is 1.99. The van der Waals surface area contributed by atoms with Crippen molar-refractivity contribution in [2.24, 2.45) is 0 Å². The summed E-state index contributed by atoms with van der Waals surface area (Å²) in [6.45, 7) is 4.16. The van der Waals surface area contributed by atoms with E-state index in [-0.39, 0.29) is 18.2 Å². The highest BCUT2D eigenvalue weighted by atomic mass is 16.5. The maximum Gasteiger partial charge on any atom is 0.243 e. The van der Waals surface area contributed by atoms with E-state index in [9.17, 15) is 9.59 Å². The van der Waals surface area contributed by atoms with E-state index in [0.29, 0.717) is 17.9 Å². The molecule has 1 atom stereocenters. The highest BCUT2D eigenvalue weighted by Crippen LogP contribution is 2.52. The zero-order valence-electron chi connectivity index (χ0n) is 16.5. The fourth-order valence-corrected chi connectivity index (χ4v) is 4.48. The molecule has 0 radical (unpaired) electrons. The number of nitrogens with zero attached hydrogens (tertiary/aromatic N) is 3. The third-order valence-corrected chi connectivity index (χ3v) is 5.81. The first-order valence-electron chi connectivity index (χ1n) is 9.65. The minimum absolute atomic E-state index is 0.0395. The molecule has 3 heterocycles. The van der Waals surface area contributed by atoms with Crippen LogP contribution in [0.3, 0.4) is 0 Å². The lowest BCUT2D eigenvalue weighted by molar-refractivity contribution is -0.126. The normalized spacial score (nSPS) is 19.4. The van der Waals surface area contributed by atoms with E-state index >= 15 is 0 Å². The second-order valence-electron chi connectivity index (χ2n) is 7.37. The lowest BCUT2D eigenvalue weighted by atomic mass is 9.72. The van der Waals surface area contributed by atoms with Crippen LogP contribution in [0.15, 0.2) is 67.4 Å². The predicted octanol–water partition coefficient (Wildman–Crippen LogP) is 3.04. The van der Waals surface area contributed by atoms with Crippen LogP contribution in [0.1, 0.15) is 17.5 Å². The van der Waals surface area contributed by atoms with Crippen LogP contribution in [-0.2, 0) is 15.0 Å². The summed E-state index contributed by atoms with van der Waals surface area (Å²) in [5.74, 6) is 0.885. The molecule has 150 valence electrons. The molecule has 3 aromatic rings. The van der Waals surface area contributed by atoms with Crippen LogP contribution < -0.4 is 15.0 Å². The molecule has 0 saturated heterocycles. The predicted molar refractivity (Wildman–Crippen MR) is 113 cm³/mol. The van der Waals surface area contributed by atoms with E-state index in [1.165, 1.54) is 0 Å². The number of aromatic nitrogens is 2. The SMILES string of the molecule is C=CCN1C(=O)[C@]2(CC(=O)Nc3c2cnn3-c2ccc(OC)cc2)c2ccccc21. The number of para-hydroxylation sites is 1. The van der Waals surface area contributed by atoms with Crippen molar-refractivity contribution >= 4 is 23.3 Å². The topological polar surface area (TPSA) is 76.5 Å². The van der Waals surface area contributed by atoms with Gasteiger partial charge in [0.15, 0.2) is 0 Å². The van der Waals surface area contributed by atoms with Gasteiger partial charge in [-0.2, -0.15) is 5.10 Å². The van der Waals surface area contributed by atoms with Gasteiger partial charge in [-0.1, -0.05) is 24.3 Å². The van der Waals surface area contributed by atoms with Crippen molar-refractivity contribution in [3.05, 3.63) is 78.5 Å². The number of ether oxygens (including phenoxy) is 1. The Labute approximate surface area is 173 Å². The first-order chi connectivity index (χ1) is 14.6. The van der Waals surface area contributed by atoms with Crippen LogP contribution >= 0.6 is 0 Å². The van der Waals surface area contributed by atoms with Crippen LogP contribution in [0.5, 0.6) is 5.75 Å². The molecule has 0 unspecified atom stereocenters. The Morgan fingerprint density at radius 1 is 1.17 bits per heavy atom. The number of hydrogen-bond donors (Lipinski definition) is 1. The quantitative estimate of drug-likeness (QED) is 0.683. The van der Waals surface area contributed by atoms with Gasteiger partial charge in [0.2, 0.25) is 11.8 Å². The van der Waals surface area contributed by atoms with Gasteiger partial charge in [0.25, 0.3) is 0 Å². The number of rotatable bonds is 4. The molecule has 0 bridgehead atoms. The van der Waals surface area contributed by atoms with Crippen molar-refractivity contribution in [2.75, 3.05) is 23.9 Å². The van der Waals surface area contributed by atoms with E-state index < -0.39 is 5.41 Å². The fraction of sp³-hybridized carbons (Fsp3) is 0.174. The zero-order chi connectivity index (χ0) is 20.9. The largest absolute Gasteiger partial charge is 0.497 e. The fourth-order valence-electron chi connectivity index (χ4n) is 4.48. The number of anilines is 2. The Hall–Kier alpha value is -3.87. The molecule has 1 spiro atoms. The molecular formula is C23H20N4O3. The first-order valence-corrected chi connectivity index (χ1v) is 9.65. The lowest BCUT2D eigenvalue weighted by Gasteiger charge is -2.32. The van der Waals surface area contributed by atoms with Crippen LogP contribution in [0.25, 0.3) is 5.69 Å². The average molecular weight is 400 g/mol. The molecule has 2 aromatic carbocycles. The summed E-state index contributed by atoms with van der Waals surface area (Å²) in [6, 6.07) is 15.0. The summed E-state index contributed by atoms with van der Waals surface area (Å²) in [4.78, 5) is 28.2. The van der Waals surface area contributed by atoms with Crippen LogP contribution in [0.2, 0.25) is 0 Å². The van der Waals surface area contributed by atoms with Crippen molar-refractivity contribution in [1.82, 2.24) is 9.78 Å². The minimum Gasteiger partial charge on any atom is -0.497 e. The van der Waals surface area contributed by atoms with E-state index in [1.807, 2.05) is 48.5 Å². The molecule has 1 N–H and O–H groups in total. The number of hydrogen-bond acceptors (Lipinski definition) is 4. The van der Waals surface area contributed by atoms with E-state index in [2.05, 4.69) is 17.0 Å². The van der Waals surface area contributed by atoms with Gasteiger partial charge in [-0.3, -0.25) is 9.59 Å². The first kappa shape index (κ1) is 18.2. The third kappa shape index (κ3) is 2.35. The van der Waals surface area contributed by atoms with Gasteiger partial charge in [0, 0.05) is 24.2 Å². The molecule has 2 aliphatic heterocycles. The minimum atomic E-state index is -1.10. The maximum absolute atomic E-state index is 13.7. The molecule has 7 nitrogen and oxygen atoms in total. The molecule has 30 heavy (non-hydrogen) atoms. The zero-order valence-corrected chi connectivity index (χ0v) is 16.5. The van der Waals surface area contributed by atoms with Crippen molar-refractivity contribution in [2.45, 2.75) is 11.8 Å².